The number of para-hydroxylation sites is 1. The van der Waals surface area contributed by atoms with Gasteiger partial charge in [-0.05, 0) is 56.4 Å². The standard InChI is InChI=1S/C25H27N5OS/c1-15-8-9-18(12-16(15)2)17(3)27-23(31)14-32-25-29-28-24(30(25)19-10-11-19)21-13-26-22-7-5-4-6-20(21)22/h4-9,12-13,17,19,26H,10-11,14H2,1-3H3,(H,27,31). The Kier molecular flexibility index (Phi) is 5.51. The zero-order valence-corrected chi connectivity index (χ0v) is 19.4. The summed E-state index contributed by atoms with van der Waals surface area (Å²) in [5.41, 5.74) is 5.75. The third kappa shape index (κ3) is 4.05. The monoisotopic (exact) mass is 445 g/mol. The van der Waals surface area contributed by atoms with Crippen LogP contribution in [0.25, 0.3) is 22.3 Å². The van der Waals surface area contributed by atoms with E-state index in [4.69, 9.17) is 0 Å². The summed E-state index contributed by atoms with van der Waals surface area (Å²) in [6.45, 7) is 6.22. The third-order valence-electron chi connectivity index (χ3n) is 6.15. The second-order valence-corrected chi connectivity index (χ2v) is 9.52. The molecule has 2 aromatic carbocycles. The van der Waals surface area contributed by atoms with E-state index in [1.807, 2.05) is 25.3 Å². The van der Waals surface area contributed by atoms with Crippen LogP contribution in [0.3, 0.4) is 0 Å². The largest absolute Gasteiger partial charge is 0.360 e. The van der Waals surface area contributed by atoms with Gasteiger partial charge in [0.1, 0.15) is 0 Å². The van der Waals surface area contributed by atoms with Crippen LogP contribution in [0.2, 0.25) is 0 Å². The Balaban J connectivity index is 1.31. The lowest BCUT2D eigenvalue weighted by Gasteiger charge is -2.15. The summed E-state index contributed by atoms with van der Waals surface area (Å²) in [4.78, 5) is 16.0. The maximum atomic E-state index is 12.7. The van der Waals surface area contributed by atoms with Crippen molar-refractivity contribution >= 4 is 28.6 Å². The van der Waals surface area contributed by atoms with Crippen LogP contribution in [0.1, 0.15) is 48.5 Å². The summed E-state index contributed by atoms with van der Waals surface area (Å²) >= 11 is 1.46. The number of aryl methyl sites for hydroxylation is 2. The first kappa shape index (κ1) is 20.8. The summed E-state index contributed by atoms with van der Waals surface area (Å²) in [6.07, 6.45) is 4.24. The van der Waals surface area contributed by atoms with E-state index >= 15 is 0 Å². The van der Waals surface area contributed by atoms with Gasteiger partial charge < -0.3 is 10.3 Å². The van der Waals surface area contributed by atoms with Gasteiger partial charge in [-0.3, -0.25) is 9.36 Å². The molecule has 2 N–H and O–H groups in total. The molecule has 0 radical (unpaired) electrons. The second-order valence-electron chi connectivity index (χ2n) is 8.58. The van der Waals surface area contributed by atoms with Gasteiger partial charge in [0, 0.05) is 28.7 Å². The summed E-state index contributed by atoms with van der Waals surface area (Å²) in [7, 11) is 0. The molecular weight excluding hydrogens is 418 g/mol. The number of aromatic amines is 1. The Labute approximate surface area is 191 Å². The third-order valence-corrected chi connectivity index (χ3v) is 7.09. The number of nitrogens with one attached hydrogen (secondary N) is 2. The Morgan fingerprint density at radius 3 is 2.78 bits per heavy atom. The molecule has 1 fully saturated rings. The number of hydrogen-bond donors (Lipinski definition) is 2. The number of rotatable bonds is 7. The Bertz CT molecular complexity index is 1290. The van der Waals surface area contributed by atoms with Crippen LogP contribution >= 0.6 is 11.8 Å². The normalized spacial score (nSPS) is 14.6. The van der Waals surface area contributed by atoms with E-state index in [0.717, 1.165) is 45.9 Å². The first-order valence-electron chi connectivity index (χ1n) is 11.0. The molecule has 1 unspecified atom stereocenters. The summed E-state index contributed by atoms with van der Waals surface area (Å²) < 4.78 is 2.21. The number of carbonyl (C=O) groups excluding carboxylic acids is 1. The lowest BCUT2D eigenvalue weighted by Crippen LogP contribution is -2.28. The fourth-order valence-corrected chi connectivity index (χ4v) is 4.82. The molecule has 0 bridgehead atoms. The molecule has 164 valence electrons. The zero-order chi connectivity index (χ0) is 22.2. The van der Waals surface area contributed by atoms with Gasteiger partial charge in [-0.1, -0.05) is 48.2 Å². The first-order valence-corrected chi connectivity index (χ1v) is 12.0. The highest BCUT2D eigenvalue weighted by Gasteiger charge is 2.31. The minimum atomic E-state index is -0.0366. The number of benzene rings is 2. The summed E-state index contributed by atoms with van der Waals surface area (Å²) in [5, 5.41) is 14.0. The van der Waals surface area contributed by atoms with Gasteiger partial charge in [0.15, 0.2) is 11.0 Å². The number of nitrogens with zero attached hydrogens (tertiary/aromatic N) is 3. The topological polar surface area (TPSA) is 75.6 Å². The number of carbonyl (C=O) groups is 1. The van der Waals surface area contributed by atoms with E-state index in [1.165, 1.54) is 22.9 Å². The molecule has 0 aliphatic heterocycles. The molecule has 1 saturated carbocycles. The Hall–Kier alpha value is -3.06. The fraction of sp³-hybridized carbons (Fsp3) is 0.320. The number of thioether (sulfide) groups is 1. The minimum Gasteiger partial charge on any atom is -0.360 e. The van der Waals surface area contributed by atoms with Gasteiger partial charge >= 0.3 is 0 Å². The first-order chi connectivity index (χ1) is 15.5. The lowest BCUT2D eigenvalue weighted by molar-refractivity contribution is -0.119. The van der Waals surface area contributed by atoms with Crippen molar-refractivity contribution in [2.24, 2.45) is 0 Å². The fourth-order valence-electron chi connectivity index (χ4n) is 4.01. The van der Waals surface area contributed by atoms with E-state index < -0.39 is 0 Å². The molecule has 1 atom stereocenters. The lowest BCUT2D eigenvalue weighted by atomic mass is 10.0. The van der Waals surface area contributed by atoms with Crippen molar-refractivity contribution < 1.29 is 4.79 Å². The predicted molar refractivity (Wildman–Crippen MR) is 129 cm³/mol. The SMILES string of the molecule is Cc1ccc(C(C)NC(=O)CSc2nnc(-c3c[nH]c4ccccc34)n2C2CC2)cc1C. The van der Waals surface area contributed by atoms with E-state index in [-0.39, 0.29) is 11.9 Å². The van der Waals surface area contributed by atoms with Gasteiger partial charge in [-0.2, -0.15) is 0 Å². The van der Waals surface area contributed by atoms with Gasteiger partial charge in [0.2, 0.25) is 5.91 Å². The van der Waals surface area contributed by atoms with Crippen molar-refractivity contribution in [1.29, 1.82) is 0 Å². The highest BCUT2D eigenvalue weighted by atomic mass is 32.2. The van der Waals surface area contributed by atoms with Crippen LogP contribution < -0.4 is 5.32 Å². The van der Waals surface area contributed by atoms with E-state index in [9.17, 15) is 4.79 Å². The van der Waals surface area contributed by atoms with E-state index in [1.54, 1.807) is 0 Å². The number of amides is 1. The molecule has 1 aliphatic carbocycles. The van der Waals surface area contributed by atoms with Crippen molar-refractivity contribution in [2.45, 2.75) is 50.9 Å². The van der Waals surface area contributed by atoms with E-state index in [2.05, 4.69) is 69.2 Å². The zero-order valence-electron chi connectivity index (χ0n) is 18.6. The van der Waals surface area contributed by atoms with Crippen LogP contribution in [0.5, 0.6) is 0 Å². The molecule has 32 heavy (non-hydrogen) atoms. The molecule has 5 rings (SSSR count). The van der Waals surface area contributed by atoms with Crippen LogP contribution in [0.4, 0.5) is 0 Å². The molecular formula is C25H27N5OS. The average molecular weight is 446 g/mol. The van der Waals surface area contributed by atoms with Crippen LogP contribution in [-0.4, -0.2) is 31.4 Å². The molecule has 1 aliphatic rings. The highest BCUT2D eigenvalue weighted by Crippen LogP contribution is 2.42. The molecule has 7 heteroatoms. The summed E-state index contributed by atoms with van der Waals surface area (Å²) in [5.74, 6) is 1.18. The number of aromatic nitrogens is 4. The highest BCUT2D eigenvalue weighted by molar-refractivity contribution is 7.99. The van der Waals surface area contributed by atoms with Crippen molar-refractivity contribution in [1.82, 2.24) is 25.1 Å². The Morgan fingerprint density at radius 2 is 2.00 bits per heavy atom. The van der Waals surface area contributed by atoms with Gasteiger partial charge in [0.05, 0.1) is 11.8 Å². The van der Waals surface area contributed by atoms with Gasteiger partial charge in [0.25, 0.3) is 0 Å². The van der Waals surface area contributed by atoms with Crippen LogP contribution in [-0.2, 0) is 4.79 Å². The Morgan fingerprint density at radius 1 is 1.19 bits per heavy atom. The van der Waals surface area contributed by atoms with Crippen LogP contribution in [0, 0.1) is 13.8 Å². The van der Waals surface area contributed by atoms with Crippen molar-refractivity contribution in [3.05, 3.63) is 65.4 Å². The average Bonchev–Trinajstić information content (AvgIpc) is 3.39. The van der Waals surface area contributed by atoms with Gasteiger partial charge in [-0.15, -0.1) is 10.2 Å². The summed E-state index contributed by atoms with van der Waals surface area (Å²) in [6, 6.07) is 14.9. The molecule has 2 aromatic heterocycles. The van der Waals surface area contributed by atoms with Crippen molar-refractivity contribution in [3.8, 4) is 11.4 Å². The molecule has 1 amide bonds. The number of hydrogen-bond acceptors (Lipinski definition) is 4. The van der Waals surface area contributed by atoms with Crippen molar-refractivity contribution in [2.75, 3.05) is 5.75 Å². The molecule has 2 heterocycles. The number of H-pyrrole nitrogens is 1. The van der Waals surface area contributed by atoms with Crippen LogP contribution in [0.15, 0.2) is 53.8 Å². The van der Waals surface area contributed by atoms with E-state index in [0.29, 0.717) is 11.8 Å². The second kappa shape index (κ2) is 8.47. The maximum absolute atomic E-state index is 12.7. The molecule has 4 aromatic rings. The predicted octanol–water partition coefficient (Wildman–Crippen LogP) is 5.35. The minimum absolute atomic E-state index is 0.000260. The maximum Gasteiger partial charge on any atom is 0.230 e. The van der Waals surface area contributed by atoms with Crippen molar-refractivity contribution in [3.63, 3.8) is 0 Å². The molecule has 6 nitrogen and oxygen atoms in total. The molecule has 0 spiro atoms. The van der Waals surface area contributed by atoms with Gasteiger partial charge in [-0.25, -0.2) is 0 Å². The number of fused-ring (bicyclic) bond motifs is 1. The quantitative estimate of drug-likeness (QED) is 0.376. The smallest absolute Gasteiger partial charge is 0.230 e. The molecule has 0 saturated heterocycles.